The van der Waals surface area contributed by atoms with E-state index in [4.69, 9.17) is 9.72 Å². The summed E-state index contributed by atoms with van der Waals surface area (Å²) in [5.41, 5.74) is 4.54. The third-order valence-corrected chi connectivity index (χ3v) is 4.90. The molecule has 3 aromatic rings. The lowest BCUT2D eigenvalue weighted by Crippen LogP contribution is -2.29. The highest BCUT2D eigenvalue weighted by Gasteiger charge is 2.18. The van der Waals surface area contributed by atoms with Crippen LogP contribution in [-0.2, 0) is 0 Å². The first-order chi connectivity index (χ1) is 13.7. The van der Waals surface area contributed by atoms with E-state index < -0.39 is 0 Å². The Bertz CT molecular complexity index is 1010. The fraction of sp³-hybridized carbons (Fsp3) is 0.318. The van der Waals surface area contributed by atoms with Gasteiger partial charge in [-0.05, 0) is 44.9 Å². The van der Waals surface area contributed by atoms with Crippen molar-refractivity contribution in [3.63, 3.8) is 0 Å². The summed E-state index contributed by atoms with van der Waals surface area (Å²) in [6, 6.07) is 10.3. The predicted octanol–water partition coefficient (Wildman–Crippen LogP) is 3.97. The van der Waals surface area contributed by atoms with Gasteiger partial charge in [0.25, 0.3) is 0 Å². The second kappa shape index (κ2) is 7.84. The Hall–Kier alpha value is -3.15. The number of anilines is 1. The molecule has 0 saturated heterocycles. The summed E-state index contributed by atoms with van der Waals surface area (Å²) in [4.78, 5) is 11.4. The van der Waals surface area contributed by atoms with E-state index in [0.29, 0.717) is 6.61 Å². The molecule has 1 aliphatic rings. The van der Waals surface area contributed by atoms with E-state index in [1.54, 1.807) is 6.20 Å². The van der Waals surface area contributed by atoms with Gasteiger partial charge in [-0.3, -0.25) is 4.98 Å². The molecule has 0 atom stereocenters. The summed E-state index contributed by atoms with van der Waals surface area (Å²) in [5, 5.41) is 4.52. The van der Waals surface area contributed by atoms with E-state index in [9.17, 15) is 0 Å². The average molecular weight is 375 g/mol. The number of para-hydroxylation sites is 1. The van der Waals surface area contributed by atoms with E-state index in [-0.39, 0.29) is 0 Å². The van der Waals surface area contributed by atoms with E-state index in [2.05, 4.69) is 33.2 Å². The molecule has 1 aromatic carbocycles. The molecule has 0 unspecified atom stereocenters. The monoisotopic (exact) mass is 375 g/mol. The zero-order valence-corrected chi connectivity index (χ0v) is 16.6. The van der Waals surface area contributed by atoms with Gasteiger partial charge in [-0.2, -0.15) is 5.10 Å². The Morgan fingerprint density at radius 2 is 1.93 bits per heavy atom. The van der Waals surface area contributed by atoms with Gasteiger partial charge < -0.3 is 9.64 Å². The SMILES string of the molecule is CCOc1ccccc1C1=CCN(c2cncc(-n3nc(C)cc3C)n2)CC1. The highest BCUT2D eigenvalue weighted by molar-refractivity contribution is 5.72. The fourth-order valence-electron chi connectivity index (χ4n) is 3.60. The Morgan fingerprint density at radius 1 is 1.11 bits per heavy atom. The van der Waals surface area contributed by atoms with Crippen molar-refractivity contribution in [2.45, 2.75) is 27.2 Å². The van der Waals surface area contributed by atoms with Gasteiger partial charge in [-0.25, -0.2) is 9.67 Å². The number of rotatable bonds is 5. The van der Waals surface area contributed by atoms with Crippen molar-refractivity contribution in [1.82, 2.24) is 19.7 Å². The summed E-state index contributed by atoms with van der Waals surface area (Å²) in [5.74, 6) is 2.58. The van der Waals surface area contributed by atoms with E-state index >= 15 is 0 Å². The zero-order valence-electron chi connectivity index (χ0n) is 16.6. The molecule has 0 radical (unpaired) electrons. The van der Waals surface area contributed by atoms with Gasteiger partial charge in [0.15, 0.2) is 5.82 Å². The van der Waals surface area contributed by atoms with Gasteiger partial charge in [-0.1, -0.05) is 24.3 Å². The molecule has 6 heteroatoms. The number of aryl methyl sites for hydroxylation is 2. The highest BCUT2D eigenvalue weighted by Crippen LogP contribution is 2.31. The summed E-state index contributed by atoms with van der Waals surface area (Å²) in [6.07, 6.45) is 6.78. The van der Waals surface area contributed by atoms with Crippen LogP contribution >= 0.6 is 0 Å². The molecule has 0 saturated carbocycles. The third-order valence-electron chi connectivity index (χ3n) is 4.90. The molecule has 2 aromatic heterocycles. The Balaban J connectivity index is 1.56. The number of aromatic nitrogens is 4. The standard InChI is InChI=1S/C22H25N5O/c1-4-28-20-8-6-5-7-19(20)18-9-11-26(12-10-18)21-14-23-15-22(24-21)27-17(3)13-16(2)25-27/h5-9,13-15H,4,10-12H2,1-3H3. The van der Waals surface area contributed by atoms with Gasteiger partial charge in [0, 0.05) is 24.3 Å². The van der Waals surface area contributed by atoms with Crippen molar-refractivity contribution in [2.75, 3.05) is 24.6 Å². The van der Waals surface area contributed by atoms with Gasteiger partial charge in [0.2, 0.25) is 0 Å². The van der Waals surface area contributed by atoms with Crippen LogP contribution in [0.25, 0.3) is 11.4 Å². The van der Waals surface area contributed by atoms with Crippen LogP contribution in [0.15, 0.2) is 48.8 Å². The molecule has 144 valence electrons. The van der Waals surface area contributed by atoms with Crippen molar-refractivity contribution in [3.8, 4) is 11.6 Å². The van der Waals surface area contributed by atoms with Crippen molar-refractivity contribution in [1.29, 1.82) is 0 Å². The second-order valence-corrected chi connectivity index (χ2v) is 6.93. The number of nitrogens with zero attached hydrogens (tertiary/aromatic N) is 5. The van der Waals surface area contributed by atoms with Crippen LogP contribution in [0.2, 0.25) is 0 Å². The number of hydrogen-bond acceptors (Lipinski definition) is 5. The van der Waals surface area contributed by atoms with Crippen molar-refractivity contribution < 1.29 is 4.74 Å². The van der Waals surface area contributed by atoms with Gasteiger partial charge >= 0.3 is 0 Å². The molecule has 0 spiro atoms. The summed E-state index contributed by atoms with van der Waals surface area (Å²) < 4.78 is 7.64. The van der Waals surface area contributed by atoms with Crippen molar-refractivity contribution in [3.05, 3.63) is 65.8 Å². The maximum atomic E-state index is 5.79. The zero-order chi connectivity index (χ0) is 19.5. The lowest BCUT2D eigenvalue weighted by molar-refractivity contribution is 0.339. The lowest BCUT2D eigenvalue weighted by atomic mass is 9.98. The molecule has 28 heavy (non-hydrogen) atoms. The van der Waals surface area contributed by atoms with Crippen LogP contribution < -0.4 is 9.64 Å². The van der Waals surface area contributed by atoms with Crippen molar-refractivity contribution >= 4 is 11.4 Å². The lowest BCUT2D eigenvalue weighted by Gasteiger charge is -2.28. The minimum Gasteiger partial charge on any atom is -0.493 e. The van der Waals surface area contributed by atoms with Gasteiger partial charge in [0.05, 0.1) is 24.7 Å². The van der Waals surface area contributed by atoms with Crippen LogP contribution in [-0.4, -0.2) is 39.4 Å². The third kappa shape index (κ3) is 3.63. The van der Waals surface area contributed by atoms with E-state index in [1.807, 2.05) is 49.8 Å². The number of benzene rings is 1. The minimum atomic E-state index is 0.672. The maximum Gasteiger partial charge on any atom is 0.174 e. The largest absolute Gasteiger partial charge is 0.493 e. The van der Waals surface area contributed by atoms with Crippen LogP contribution in [0.3, 0.4) is 0 Å². The first kappa shape index (κ1) is 18.2. The smallest absolute Gasteiger partial charge is 0.174 e. The molecule has 0 amide bonds. The van der Waals surface area contributed by atoms with Crippen LogP contribution in [0.4, 0.5) is 5.82 Å². The minimum absolute atomic E-state index is 0.672. The molecule has 0 N–H and O–H groups in total. The maximum absolute atomic E-state index is 5.79. The van der Waals surface area contributed by atoms with Crippen LogP contribution in [0.1, 0.15) is 30.3 Å². The highest BCUT2D eigenvalue weighted by atomic mass is 16.5. The molecule has 3 heterocycles. The van der Waals surface area contributed by atoms with Crippen LogP contribution in [0, 0.1) is 13.8 Å². The molecule has 0 aliphatic carbocycles. The first-order valence-electron chi connectivity index (χ1n) is 9.67. The second-order valence-electron chi connectivity index (χ2n) is 6.93. The quantitative estimate of drug-likeness (QED) is 0.675. The molecule has 6 nitrogen and oxygen atoms in total. The summed E-state index contributed by atoms with van der Waals surface area (Å²) in [6.45, 7) is 8.39. The Kier molecular flexibility index (Phi) is 5.10. The molecule has 4 rings (SSSR count). The molecule has 1 aliphatic heterocycles. The topological polar surface area (TPSA) is 56.1 Å². The Labute approximate surface area is 165 Å². The van der Waals surface area contributed by atoms with Gasteiger partial charge in [0.1, 0.15) is 11.6 Å². The summed E-state index contributed by atoms with van der Waals surface area (Å²) >= 11 is 0. The predicted molar refractivity (Wildman–Crippen MR) is 111 cm³/mol. The fourth-order valence-corrected chi connectivity index (χ4v) is 3.60. The average Bonchev–Trinajstić information content (AvgIpc) is 3.07. The molecule has 0 fully saturated rings. The molecular formula is C22H25N5O. The number of hydrogen-bond donors (Lipinski definition) is 0. The Morgan fingerprint density at radius 3 is 2.64 bits per heavy atom. The van der Waals surface area contributed by atoms with Crippen LogP contribution in [0.5, 0.6) is 5.75 Å². The number of ether oxygens (including phenoxy) is 1. The first-order valence-corrected chi connectivity index (χ1v) is 9.67. The molecule has 0 bridgehead atoms. The molecular weight excluding hydrogens is 350 g/mol. The van der Waals surface area contributed by atoms with Gasteiger partial charge in [-0.15, -0.1) is 0 Å². The van der Waals surface area contributed by atoms with Crippen molar-refractivity contribution in [2.24, 2.45) is 0 Å². The summed E-state index contributed by atoms with van der Waals surface area (Å²) in [7, 11) is 0. The van der Waals surface area contributed by atoms with E-state index in [1.165, 1.54) is 11.1 Å². The van der Waals surface area contributed by atoms with E-state index in [0.717, 1.165) is 48.3 Å². The normalized spacial score (nSPS) is 14.1.